The molecule has 126 valence electrons. The van der Waals surface area contributed by atoms with Gasteiger partial charge in [0.1, 0.15) is 12.3 Å². The second kappa shape index (κ2) is 12.6. The molecule has 6 nitrogen and oxygen atoms in total. The lowest BCUT2D eigenvalue weighted by Gasteiger charge is -2.10. The Balaban J connectivity index is 0.00000441. The summed E-state index contributed by atoms with van der Waals surface area (Å²) in [5, 5.41) is 6.45. The first-order valence-electron chi connectivity index (χ1n) is 7.07. The molecular formula is C14H25IN4O2S. The summed E-state index contributed by atoms with van der Waals surface area (Å²) >= 11 is 1.86. The molecule has 1 heterocycles. The minimum atomic E-state index is -0.566. The molecule has 1 rings (SSSR count). The highest BCUT2D eigenvalue weighted by Crippen LogP contribution is 2.08. The fraction of sp³-hybridized carbons (Fsp3) is 0.571. The van der Waals surface area contributed by atoms with Crippen molar-refractivity contribution in [2.45, 2.75) is 26.3 Å². The number of rotatable bonds is 9. The summed E-state index contributed by atoms with van der Waals surface area (Å²) in [6.07, 6.45) is 4.41. The number of primary amides is 1. The maximum absolute atomic E-state index is 10.9. The van der Waals surface area contributed by atoms with Crippen LogP contribution in [-0.2, 0) is 6.54 Å². The van der Waals surface area contributed by atoms with E-state index in [1.807, 2.05) is 18.7 Å². The average Bonchev–Trinajstić information content (AvgIpc) is 2.93. The van der Waals surface area contributed by atoms with E-state index >= 15 is 0 Å². The molecule has 4 N–H and O–H groups in total. The molecule has 0 radical (unpaired) electrons. The number of furan rings is 1. The van der Waals surface area contributed by atoms with Gasteiger partial charge in [-0.15, -0.1) is 24.0 Å². The average molecular weight is 440 g/mol. The molecule has 0 spiro atoms. The normalized spacial score (nSPS) is 10.9. The van der Waals surface area contributed by atoms with Gasteiger partial charge in [0, 0.05) is 13.1 Å². The Morgan fingerprint density at radius 1 is 1.36 bits per heavy atom. The van der Waals surface area contributed by atoms with Crippen LogP contribution in [0.15, 0.2) is 21.5 Å². The van der Waals surface area contributed by atoms with Gasteiger partial charge in [-0.3, -0.25) is 4.79 Å². The number of aliphatic imine (C=N–C) groups is 1. The number of nitrogens with one attached hydrogen (secondary N) is 2. The van der Waals surface area contributed by atoms with Gasteiger partial charge >= 0.3 is 0 Å². The van der Waals surface area contributed by atoms with Gasteiger partial charge in [-0.25, -0.2) is 4.99 Å². The third-order valence-electron chi connectivity index (χ3n) is 2.71. The lowest BCUT2D eigenvalue weighted by molar-refractivity contribution is 0.0972. The van der Waals surface area contributed by atoms with E-state index in [9.17, 15) is 4.79 Å². The van der Waals surface area contributed by atoms with Gasteiger partial charge in [-0.1, -0.05) is 0 Å². The minimum Gasteiger partial charge on any atom is -0.454 e. The maximum Gasteiger partial charge on any atom is 0.284 e. The van der Waals surface area contributed by atoms with Crippen LogP contribution >= 0.6 is 35.7 Å². The summed E-state index contributed by atoms with van der Waals surface area (Å²) in [6.45, 7) is 4.06. The largest absolute Gasteiger partial charge is 0.454 e. The molecule has 0 aliphatic heterocycles. The van der Waals surface area contributed by atoms with Crippen LogP contribution < -0.4 is 16.4 Å². The van der Waals surface area contributed by atoms with Crippen LogP contribution in [0.4, 0.5) is 0 Å². The predicted octanol–water partition coefficient (Wildman–Crippen LogP) is 2.19. The van der Waals surface area contributed by atoms with Gasteiger partial charge in [0.25, 0.3) is 5.91 Å². The van der Waals surface area contributed by atoms with Gasteiger partial charge in [0.15, 0.2) is 11.7 Å². The second-order valence-electron chi connectivity index (χ2n) is 4.45. The number of thioether (sulfide) groups is 1. The lowest BCUT2D eigenvalue weighted by Crippen LogP contribution is -2.37. The zero-order valence-electron chi connectivity index (χ0n) is 13.1. The Morgan fingerprint density at radius 2 is 2.14 bits per heavy atom. The van der Waals surface area contributed by atoms with Gasteiger partial charge in [-0.2, -0.15) is 11.8 Å². The first-order chi connectivity index (χ1) is 10.2. The summed E-state index contributed by atoms with van der Waals surface area (Å²) in [6, 6.07) is 3.28. The van der Waals surface area contributed by atoms with E-state index in [1.165, 1.54) is 12.2 Å². The van der Waals surface area contributed by atoms with E-state index in [0.29, 0.717) is 12.3 Å². The van der Waals surface area contributed by atoms with Crippen molar-refractivity contribution in [3.63, 3.8) is 0 Å². The van der Waals surface area contributed by atoms with Crippen LogP contribution in [-0.4, -0.2) is 37.0 Å². The fourth-order valence-corrected chi connectivity index (χ4v) is 2.17. The lowest BCUT2D eigenvalue weighted by atomic mass is 10.3. The SMILES string of the molecule is CCNC(=NCc1ccc(C(N)=O)o1)NCCCCSC.I. The highest BCUT2D eigenvalue weighted by molar-refractivity contribution is 14.0. The number of carbonyl (C=O) groups is 1. The summed E-state index contributed by atoms with van der Waals surface area (Å²) in [4.78, 5) is 15.4. The quantitative estimate of drug-likeness (QED) is 0.237. The smallest absolute Gasteiger partial charge is 0.284 e. The molecule has 0 saturated heterocycles. The van der Waals surface area contributed by atoms with Crippen LogP contribution in [0.25, 0.3) is 0 Å². The molecule has 0 atom stereocenters. The molecule has 0 bridgehead atoms. The summed E-state index contributed by atoms with van der Waals surface area (Å²) in [5.41, 5.74) is 5.14. The van der Waals surface area contributed by atoms with Crippen molar-refractivity contribution >= 4 is 47.6 Å². The highest BCUT2D eigenvalue weighted by atomic mass is 127. The Bertz CT molecular complexity index is 465. The summed E-state index contributed by atoms with van der Waals surface area (Å²) in [7, 11) is 0. The number of halogens is 1. The van der Waals surface area contributed by atoms with Crippen LogP contribution in [0, 0.1) is 0 Å². The predicted molar refractivity (Wildman–Crippen MR) is 103 cm³/mol. The van der Waals surface area contributed by atoms with Gasteiger partial charge < -0.3 is 20.8 Å². The van der Waals surface area contributed by atoms with Crippen molar-refractivity contribution in [1.29, 1.82) is 0 Å². The van der Waals surface area contributed by atoms with E-state index in [0.717, 1.165) is 25.5 Å². The van der Waals surface area contributed by atoms with Crippen molar-refractivity contribution in [2.75, 3.05) is 25.1 Å². The van der Waals surface area contributed by atoms with Crippen molar-refractivity contribution in [3.8, 4) is 0 Å². The topological polar surface area (TPSA) is 92.6 Å². The number of amides is 1. The van der Waals surface area contributed by atoms with Crippen LogP contribution in [0.5, 0.6) is 0 Å². The van der Waals surface area contributed by atoms with Crippen LogP contribution in [0.1, 0.15) is 36.1 Å². The molecule has 8 heteroatoms. The molecule has 0 saturated carbocycles. The second-order valence-corrected chi connectivity index (χ2v) is 5.44. The first-order valence-corrected chi connectivity index (χ1v) is 8.46. The molecule has 22 heavy (non-hydrogen) atoms. The van der Waals surface area contributed by atoms with E-state index in [1.54, 1.807) is 12.1 Å². The molecule has 0 aromatic carbocycles. The standard InChI is InChI=1S/C14H24N4O2S.HI/c1-3-16-14(17-8-4-5-9-21-2)18-10-11-6-7-12(20-11)13(15)19;/h6-7H,3-5,8-10H2,1-2H3,(H2,15,19)(H2,16,17,18);1H. The maximum atomic E-state index is 10.9. The van der Waals surface area contributed by atoms with Crippen molar-refractivity contribution < 1.29 is 9.21 Å². The zero-order chi connectivity index (χ0) is 15.5. The first kappa shape index (κ1) is 21.1. The summed E-state index contributed by atoms with van der Waals surface area (Å²) in [5.74, 6) is 2.14. The number of hydrogen-bond donors (Lipinski definition) is 3. The Hall–Kier alpha value is -0.900. The molecule has 1 aromatic rings. The fourth-order valence-electron chi connectivity index (χ4n) is 1.67. The van der Waals surface area contributed by atoms with E-state index < -0.39 is 5.91 Å². The molecule has 1 amide bonds. The highest BCUT2D eigenvalue weighted by Gasteiger charge is 2.06. The van der Waals surface area contributed by atoms with Crippen LogP contribution in [0.2, 0.25) is 0 Å². The number of nitrogens with zero attached hydrogens (tertiary/aromatic N) is 1. The van der Waals surface area contributed by atoms with Crippen LogP contribution in [0.3, 0.4) is 0 Å². The molecule has 0 aliphatic carbocycles. The van der Waals surface area contributed by atoms with Crippen molar-refractivity contribution in [3.05, 3.63) is 23.7 Å². The van der Waals surface area contributed by atoms with Gasteiger partial charge in [0.2, 0.25) is 0 Å². The Labute approximate surface area is 153 Å². The number of carbonyl (C=O) groups excluding carboxylic acids is 1. The third-order valence-corrected chi connectivity index (χ3v) is 3.41. The number of guanidine groups is 1. The van der Waals surface area contributed by atoms with E-state index in [2.05, 4.69) is 21.9 Å². The number of hydrogen-bond acceptors (Lipinski definition) is 4. The zero-order valence-corrected chi connectivity index (χ0v) is 16.2. The van der Waals surface area contributed by atoms with E-state index in [-0.39, 0.29) is 29.7 Å². The monoisotopic (exact) mass is 440 g/mol. The number of nitrogens with two attached hydrogens (primary N) is 1. The molecular weight excluding hydrogens is 415 g/mol. The van der Waals surface area contributed by atoms with Gasteiger partial charge in [0.05, 0.1) is 0 Å². The molecule has 0 aliphatic rings. The Kier molecular flexibility index (Phi) is 12.1. The third kappa shape index (κ3) is 8.52. The van der Waals surface area contributed by atoms with E-state index in [4.69, 9.17) is 10.2 Å². The minimum absolute atomic E-state index is 0. The number of unbranched alkanes of at least 4 members (excludes halogenated alkanes) is 1. The van der Waals surface area contributed by atoms with Crippen molar-refractivity contribution in [2.24, 2.45) is 10.7 Å². The Morgan fingerprint density at radius 3 is 2.73 bits per heavy atom. The summed E-state index contributed by atoms with van der Waals surface area (Å²) < 4.78 is 5.29. The van der Waals surface area contributed by atoms with Gasteiger partial charge in [-0.05, 0) is 43.9 Å². The molecule has 0 unspecified atom stereocenters. The van der Waals surface area contributed by atoms with Crippen molar-refractivity contribution in [1.82, 2.24) is 10.6 Å². The molecule has 0 fully saturated rings. The molecule has 1 aromatic heterocycles.